The van der Waals surface area contributed by atoms with Crippen molar-refractivity contribution < 1.29 is 0 Å². The molecule has 0 amide bonds. The van der Waals surface area contributed by atoms with Crippen LogP contribution in [0.4, 0.5) is 0 Å². The zero-order chi connectivity index (χ0) is 14.5. The molecule has 0 aromatic carbocycles. The Morgan fingerprint density at radius 1 is 1.05 bits per heavy atom. The molecule has 112 valence electrons. The van der Waals surface area contributed by atoms with Gasteiger partial charge in [-0.25, -0.2) is 0 Å². The van der Waals surface area contributed by atoms with E-state index in [1.165, 1.54) is 70.2 Å². The van der Waals surface area contributed by atoms with Crippen molar-refractivity contribution >= 4 is 0 Å². The first-order valence-corrected chi connectivity index (χ1v) is 8.19. The minimum absolute atomic E-state index is 0.674. The van der Waals surface area contributed by atoms with Gasteiger partial charge in [-0.3, -0.25) is 0 Å². The van der Waals surface area contributed by atoms with Gasteiger partial charge in [0.1, 0.15) is 0 Å². The zero-order valence-electron chi connectivity index (χ0n) is 13.6. The quantitative estimate of drug-likeness (QED) is 0.401. The van der Waals surface area contributed by atoms with Gasteiger partial charge >= 0.3 is 0 Å². The molecule has 1 heteroatoms. The number of rotatable bonds is 13. The van der Waals surface area contributed by atoms with E-state index in [-0.39, 0.29) is 0 Å². The second-order valence-corrected chi connectivity index (χ2v) is 5.64. The number of allylic oxidation sites excluding steroid dienone is 2. The lowest BCUT2D eigenvalue weighted by Gasteiger charge is -2.21. The summed E-state index contributed by atoms with van der Waals surface area (Å²) in [6.07, 6.45) is 10.7. The van der Waals surface area contributed by atoms with E-state index in [0.717, 1.165) is 0 Å². The zero-order valence-corrected chi connectivity index (χ0v) is 13.6. The average Bonchev–Trinajstić information content (AvgIpc) is 2.40. The lowest BCUT2D eigenvalue weighted by atomic mass is 9.96. The molecule has 0 heterocycles. The Kier molecular flexibility index (Phi) is 12.1. The Bertz CT molecular complexity index is 226. The third kappa shape index (κ3) is 9.95. The number of nitrogens with zero attached hydrogens (tertiary/aromatic N) is 1. The van der Waals surface area contributed by atoms with E-state index >= 15 is 0 Å². The van der Waals surface area contributed by atoms with Gasteiger partial charge in [0.25, 0.3) is 0 Å². The van der Waals surface area contributed by atoms with E-state index in [1.807, 2.05) is 0 Å². The topological polar surface area (TPSA) is 3.24 Å². The van der Waals surface area contributed by atoms with Crippen LogP contribution in [0.2, 0.25) is 0 Å². The van der Waals surface area contributed by atoms with Crippen molar-refractivity contribution in [2.24, 2.45) is 5.92 Å². The molecule has 0 saturated carbocycles. The molecule has 0 spiro atoms. The standard InChI is InChI=1S/C18H35N/c1-6-14-19(15-7-2)16-10-11-17(5)12-13-18(8-3)9-4/h8,18H,3,5-7,9-16H2,1-2,4H3. The van der Waals surface area contributed by atoms with Crippen molar-refractivity contribution in [2.75, 3.05) is 19.6 Å². The predicted octanol–water partition coefficient (Wildman–Crippen LogP) is 5.44. The summed E-state index contributed by atoms with van der Waals surface area (Å²) in [6.45, 7) is 18.6. The molecular weight excluding hydrogens is 230 g/mol. The van der Waals surface area contributed by atoms with Crippen molar-refractivity contribution in [3.63, 3.8) is 0 Å². The van der Waals surface area contributed by atoms with Gasteiger partial charge in [0.15, 0.2) is 0 Å². The van der Waals surface area contributed by atoms with Crippen LogP contribution in [-0.2, 0) is 0 Å². The van der Waals surface area contributed by atoms with Crippen molar-refractivity contribution in [3.05, 3.63) is 24.8 Å². The third-order valence-corrected chi connectivity index (χ3v) is 3.81. The maximum absolute atomic E-state index is 4.23. The van der Waals surface area contributed by atoms with Crippen LogP contribution < -0.4 is 0 Å². The highest BCUT2D eigenvalue weighted by atomic mass is 15.1. The van der Waals surface area contributed by atoms with E-state index in [4.69, 9.17) is 0 Å². The SMILES string of the molecule is C=CC(CC)CCC(=C)CCCN(CCC)CCC. The Hall–Kier alpha value is -0.560. The average molecular weight is 265 g/mol. The van der Waals surface area contributed by atoms with Crippen LogP contribution in [0.15, 0.2) is 24.8 Å². The molecule has 0 saturated heterocycles. The van der Waals surface area contributed by atoms with Crippen LogP contribution in [0.1, 0.15) is 65.7 Å². The first-order valence-electron chi connectivity index (χ1n) is 8.19. The summed E-state index contributed by atoms with van der Waals surface area (Å²) < 4.78 is 0. The molecule has 1 unspecified atom stereocenters. The fourth-order valence-electron chi connectivity index (χ4n) is 2.52. The molecule has 1 nitrogen and oxygen atoms in total. The molecule has 0 aliphatic carbocycles. The van der Waals surface area contributed by atoms with Crippen molar-refractivity contribution in [1.82, 2.24) is 4.90 Å². The largest absolute Gasteiger partial charge is 0.303 e. The highest BCUT2D eigenvalue weighted by molar-refractivity contribution is 4.95. The fourth-order valence-corrected chi connectivity index (χ4v) is 2.52. The fraction of sp³-hybridized carbons (Fsp3) is 0.778. The Balaban J connectivity index is 3.73. The molecule has 0 bridgehead atoms. The summed E-state index contributed by atoms with van der Waals surface area (Å²) in [5.74, 6) is 0.674. The molecule has 0 aromatic rings. The second kappa shape index (κ2) is 12.5. The summed E-state index contributed by atoms with van der Waals surface area (Å²) >= 11 is 0. The summed E-state index contributed by atoms with van der Waals surface area (Å²) in [5.41, 5.74) is 1.42. The first-order chi connectivity index (χ1) is 9.17. The van der Waals surface area contributed by atoms with Crippen molar-refractivity contribution in [2.45, 2.75) is 65.7 Å². The van der Waals surface area contributed by atoms with E-state index in [0.29, 0.717) is 5.92 Å². The van der Waals surface area contributed by atoms with Crippen LogP contribution in [0.5, 0.6) is 0 Å². The molecule has 0 aliphatic rings. The normalized spacial score (nSPS) is 12.6. The van der Waals surface area contributed by atoms with Gasteiger partial charge in [0, 0.05) is 0 Å². The molecule has 0 aliphatic heterocycles. The summed E-state index contributed by atoms with van der Waals surface area (Å²) in [4.78, 5) is 2.59. The molecule has 0 rings (SSSR count). The van der Waals surface area contributed by atoms with Gasteiger partial charge in [0.2, 0.25) is 0 Å². The van der Waals surface area contributed by atoms with Gasteiger partial charge in [-0.1, -0.05) is 39.0 Å². The van der Waals surface area contributed by atoms with Gasteiger partial charge in [-0.05, 0) is 70.5 Å². The van der Waals surface area contributed by atoms with Gasteiger partial charge < -0.3 is 4.90 Å². The summed E-state index contributed by atoms with van der Waals surface area (Å²) in [6, 6.07) is 0. The van der Waals surface area contributed by atoms with Crippen molar-refractivity contribution in [1.29, 1.82) is 0 Å². The van der Waals surface area contributed by atoms with Crippen LogP contribution >= 0.6 is 0 Å². The van der Waals surface area contributed by atoms with E-state index in [2.05, 4.69) is 44.9 Å². The van der Waals surface area contributed by atoms with Crippen LogP contribution in [0, 0.1) is 5.92 Å². The second-order valence-electron chi connectivity index (χ2n) is 5.64. The Morgan fingerprint density at radius 3 is 2.16 bits per heavy atom. The summed E-state index contributed by atoms with van der Waals surface area (Å²) in [7, 11) is 0. The molecule has 19 heavy (non-hydrogen) atoms. The molecule has 0 aromatic heterocycles. The Labute approximate surface area is 121 Å². The first kappa shape index (κ1) is 18.4. The highest BCUT2D eigenvalue weighted by Crippen LogP contribution is 2.18. The molecule has 0 fully saturated rings. The maximum Gasteiger partial charge on any atom is -0.00157 e. The van der Waals surface area contributed by atoms with E-state index < -0.39 is 0 Å². The highest BCUT2D eigenvalue weighted by Gasteiger charge is 2.05. The maximum atomic E-state index is 4.23. The van der Waals surface area contributed by atoms with Gasteiger partial charge in [-0.15, -0.1) is 6.58 Å². The third-order valence-electron chi connectivity index (χ3n) is 3.81. The van der Waals surface area contributed by atoms with E-state index in [9.17, 15) is 0 Å². The predicted molar refractivity (Wildman–Crippen MR) is 88.6 cm³/mol. The number of hydrogen-bond donors (Lipinski definition) is 0. The lowest BCUT2D eigenvalue weighted by Crippen LogP contribution is -2.26. The molecule has 0 N–H and O–H groups in total. The lowest BCUT2D eigenvalue weighted by molar-refractivity contribution is 0.271. The van der Waals surface area contributed by atoms with Crippen LogP contribution in [0.25, 0.3) is 0 Å². The van der Waals surface area contributed by atoms with Crippen LogP contribution in [-0.4, -0.2) is 24.5 Å². The molecule has 0 radical (unpaired) electrons. The van der Waals surface area contributed by atoms with Crippen LogP contribution in [0.3, 0.4) is 0 Å². The van der Waals surface area contributed by atoms with Gasteiger partial charge in [-0.2, -0.15) is 0 Å². The monoisotopic (exact) mass is 265 g/mol. The Morgan fingerprint density at radius 2 is 1.68 bits per heavy atom. The molecule has 1 atom stereocenters. The minimum atomic E-state index is 0.674. The van der Waals surface area contributed by atoms with Crippen molar-refractivity contribution in [3.8, 4) is 0 Å². The van der Waals surface area contributed by atoms with Gasteiger partial charge in [0.05, 0.1) is 0 Å². The smallest absolute Gasteiger partial charge is 0.00157 e. The minimum Gasteiger partial charge on any atom is -0.303 e. The summed E-state index contributed by atoms with van der Waals surface area (Å²) in [5, 5.41) is 0. The van der Waals surface area contributed by atoms with E-state index in [1.54, 1.807) is 0 Å². The number of hydrogen-bond acceptors (Lipinski definition) is 1. The molecular formula is C18H35N.